The first-order chi connectivity index (χ1) is 10.2. The van der Waals surface area contributed by atoms with Gasteiger partial charge in [0, 0.05) is 22.7 Å². The van der Waals surface area contributed by atoms with Gasteiger partial charge in [0.1, 0.15) is 0 Å². The average Bonchev–Trinajstić information content (AvgIpc) is 3.00. The molecule has 0 radical (unpaired) electrons. The fourth-order valence-electron chi connectivity index (χ4n) is 3.07. The third-order valence-electron chi connectivity index (χ3n) is 5.07. The number of carbonyl (C=O) groups is 2. The Kier molecular flexibility index (Phi) is 6.17. The second-order valence-corrected chi connectivity index (χ2v) is 10.6. The highest BCUT2D eigenvalue weighted by atomic mass is 28.4. The minimum atomic E-state index is -3.16. The highest BCUT2D eigenvalue weighted by Gasteiger charge is 2.64. The Bertz CT molecular complexity index is 426. The lowest BCUT2D eigenvalue weighted by Gasteiger charge is -2.46. The lowest BCUT2D eigenvalue weighted by molar-refractivity contribution is -0.137. The van der Waals surface area contributed by atoms with Crippen molar-refractivity contribution in [2.45, 2.75) is 64.0 Å². The van der Waals surface area contributed by atoms with Crippen LogP contribution in [-0.4, -0.2) is 20.5 Å². The summed E-state index contributed by atoms with van der Waals surface area (Å²) in [5.74, 6) is -0.816. The molecule has 0 spiro atoms. The molecule has 0 aliphatic heterocycles. The third kappa shape index (κ3) is 3.51. The van der Waals surface area contributed by atoms with Gasteiger partial charge in [-0.25, -0.2) is 9.59 Å². The molecule has 124 valence electrons. The molecule has 1 rings (SSSR count). The van der Waals surface area contributed by atoms with Crippen LogP contribution in [0.3, 0.4) is 0 Å². The van der Waals surface area contributed by atoms with Crippen molar-refractivity contribution in [2.75, 3.05) is 0 Å². The van der Waals surface area contributed by atoms with E-state index in [1.807, 2.05) is 13.8 Å². The Labute approximate surface area is 134 Å². The van der Waals surface area contributed by atoms with Crippen molar-refractivity contribution < 1.29 is 18.4 Å². The third-order valence-corrected chi connectivity index (χ3v) is 10.1. The average molecular weight is 324 g/mol. The molecule has 0 atom stereocenters. The highest BCUT2D eigenvalue weighted by molar-refractivity contribution is 6.75. The number of carbonyl (C=O) groups excluding carboxylic acids is 2. The monoisotopic (exact) mass is 324 g/mol. The van der Waals surface area contributed by atoms with Crippen LogP contribution in [0.1, 0.15) is 53.4 Å². The zero-order chi connectivity index (χ0) is 17.0. The van der Waals surface area contributed by atoms with E-state index < -0.39 is 25.5 Å². The molecule has 5 heteroatoms. The van der Waals surface area contributed by atoms with E-state index in [0.29, 0.717) is 0 Å². The van der Waals surface area contributed by atoms with E-state index >= 15 is 0 Å². The summed E-state index contributed by atoms with van der Waals surface area (Å²) in [7, 11) is -3.16. The quantitative estimate of drug-likeness (QED) is 0.518. The Morgan fingerprint density at radius 2 is 1.50 bits per heavy atom. The van der Waals surface area contributed by atoms with Gasteiger partial charge in [-0.05, 0) is 18.8 Å². The lowest BCUT2D eigenvalue weighted by atomic mass is 9.99. The Morgan fingerprint density at radius 3 is 1.82 bits per heavy atom. The molecule has 0 N–H and O–H groups in total. The summed E-state index contributed by atoms with van der Waals surface area (Å²) in [5.41, 5.74) is 0.123. The minimum absolute atomic E-state index is 0.123. The predicted molar refractivity (Wildman–Crippen MR) is 89.4 cm³/mol. The first-order valence-electron chi connectivity index (χ1n) is 7.92. The van der Waals surface area contributed by atoms with Gasteiger partial charge >= 0.3 is 20.5 Å². The molecule has 0 aromatic carbocycles. The summed E-state index contributed by atoms with van der Waals surface area (Å²) >= 11 is 0. The summed E-state index contributed by atoms with van der Waals surface area (Å²) in [6.07, 6.45) is 6.30. The molecule has 0 saturated heterocycles. The largest absolute Gasteiger partial charge is 0.481 e. The molecule has 1 aliphatic carbocycles. The maximum atomic E-state index is 12.0. The van der Waals surface area contributed by atoms with Gasteiger partial charge in [0.05, 0.1) is 0 Å². The first kappa shape index (κ1) is 18.7. The van der Waals surface area contributed by atoms with Gasteiger partial charge in [0.15, 0.2) is 0 Å². The van der Waals surface area contributed by atoms with Crippen LogP contribution in [0.15, 0.2) is 25.3 Å². The number of hydrogen-bond donors (Lipinski definition) is 0. The zero-order valence-electron chi connectivity index (χ0n) is 14.2. The molecule has 0 aromatic heterocycles. The van der Waals surface area contributed by atoms with Crippen molar-refractivity contribution in [3.8, 4) is 0 Å². The van der Waals surface area contributed by atoms with Gasteiger partial charge < -0.3 is 8.85 Å². The Hall–Kier alpha value is -1.36. The van der Waals surface area contributed by atoms with Crippen LogP contribution in [0.4, 0.5) is 0 Å². The molecular formula is C17H28O4Si. The van der Waals surface area contributed by atoms with Crippen molar-refractivity contribution in [3.63, 3.8) is 0 Å². The summed E-state index contributed by atoms with van der Waals surface area (Å²) in [6, 6.07) is 0. The van der Waals surface area contributed by atoms with E-state index in [4.69, 9.17) is 8.85 Å². The van der Waals surface area contributed by atoms with Crippen LogP contribution < -0.4 is 0 Å². The molecule has 1 saturated carbocycles. The summed E-state index contributed by atoms with van der Waals surface area (Å²) in [4.78, 5) is 24.0. The fourth-order valence-corrected chi connectivity index (χ4v) is 7.76. The van der Waals surface area contributed by atoms with E-state index in [0.717, 1.165) is 37.8 Å². The van der Waals surface area contributed by atoms with E-state index in [2.05, 4.69) is 27.0 Å². The maximum Gasteiger partial charge on any atom is 0.474 e. The van der Waals surface area contributed by atoms with Crippen LogP contribution in [0.2, 0.25) is 10.6 Å². The molecule has 4 nitrogen and oxygen atoms in total. The molecule has 0 amide bonds. The van der Waals surface area contributed by atoms with Gasteiger partial charge in [-0.2, -0.15) is 0 Å². The van der Waals surface area contributed by atoms with Crippen LogP contribution in [0.5, 0.6) is 0 Å². The SMILES string of the molecule is C=CC(=O)O[Si](OC(=O)C=C)(C1CCCC1)C(C)(C)C(C)C. The predicted octanol–water partition coefficient (Wildman–Crippen LogP) is 4.27. The smallest absolute Gasteiger partial charge is 0.474 e. The van der Waals surface area contributed by atoms with Gasteiger partial charge in [0.25, 0.3) is 0 Å². The molecular weight excluding hydrogens is 296 g/mol. The summed E-state index contributed by atoms with van der Waals surface area (Å²) in [5, 5.41) is -0.403. The van der Waals surface area contributed by atoms with Gasteiger partial charge in [-0.3, -0.25) is 0 Å². The molecule has 1 fully saturated rings. The van der Waals surface area contributed by atoms with Gasteiger partial charge in [-0.15, -0.1) is 0 Å². The van der Waals surface area contributed by atoms with E-state index in [1.165, 1.54) is 0 Å². The fraction of sp³-hybridized carbons (Fsp3) is 0.647. The number of rotatable bonds is 7. The van der Waals surface area contributed by atoms with E-state index in [9.17, 15) is 9.59 Å². The zero-order valence-corrected chi connectivity index (χ0v) is 15.2. The number of hydrogen-bond acceptors (Lipinski definition) is 4. The molecule has 22 heavy (non-hydrogen) atoms. The van der Waals surface area contributed by atoms with Crippen LogP contribution >= 0.6 is 0 Å². The topological polar surface area (TPSA) is 52.6 Å². The molecule has 0 heterocycles. The van der Waals surface area contributed by atoms with Gasteiger partial charge in [-0.1, -0.05) is 53.7 Å². The van der Waals surface area contributed by atoms with Crippen molar-refractivity contribution in [1.82, 2.24) is 0 Å². The van der Waals surface area contributed by atoms with E-state index in [-0.39, 0.29) is 11.5 Å². The Morgan fingerprint density at radius 1 is 1.09 bits per heavy atom. The molecule has 0 unspecified atom stereocenters. The Balaban J connectivity index is 3.38. The minimum Gasteiger partial charge on any atom is -0.481 e. The standard InChI is InChI=1S/C17H28O4Si/c1-7-15(18)20-22(21-16(19)8-2,14-11-9-10-12-14)17(5,6)13(3)4/h7-8,13-14H,1-2,9-12H2,3-6H3. The second-order valence-electron chi connectivity index (χ2n) is 6.78. The molecule has 0 aromatic rings. The first-order valence-corrected chi connectivity index (χ1v) is 9.81. The summed E-state index contributed by atoms with van der Waals surface area (Å²) < 4.78 is 11.7. The summed E-state index contributed by atoms with van der Waals surface area (Å²) in [6.45, 7) is 15.2. The molecule has 0 bridgehead atoms. The van der Waals surface area contributed by atoms with E-state index in [1.54, 1.807) is 0 Å². The van der Waals surface area contributed by atoms with Crippen LogP contribution in [0, 0.1) is 5.92 Å². The normalized spacial score (nSPS) is 16.4. The van der Waals surface area contributed by atoms with Crippen molar-refractivity contribution in [2.24, 2.45) is 5.92 Å². The van der Waals surface area contributed by atoms with Crippen LogP contribution in [-0.2, 0) is 18.4 Å². The highest BCUT2D eigenvalue weighted by Crippen LogP contribution is 2.55. The van der Waals surface area contributed by atoms with Crippen LogP contribution in [0.25, 0.3) is 0 Å². The van der Waals surface area contributed by atoms with Crippen molar-refractivity contribution in [3.05, 3.63) is 25.3 Å². The van der Waals surface area contributed by atoms with Crippen molar-refractivity contribution in [1.29, 1.82) is 0 Å². The van der Waals surface area contributed by atoms with Gasteiger partial charge in [0.2, 0.25) is 0 Å². The maximum absolute atomic E-state index is 12.0. The molecule has 1 aliphatic rings. The second kappa shape index (κ2) is 7.27. The lowest BCUT2D eigenvalue weighted by Crippen LogP contribution is -2.58. The van der Waals surface area contributed by atoms with Crippen molar-refractivity contribution >= 4 is 20.5 Å².